The van der Waals surface area contributed by atoms with Gasteiger partial charge in [-0.05, 0) is 42.9 Å². The van der Waals surface area contributed by atoms with Gasteiger partial charge in [0.15, 0.2) is 5.11 Å². The summed E-state index contributed by atoms with van der Waals surface area (Å²) in [4.78, 5) is 12.3. The molecule has 1 aromatic heterocycles. The fourth-order valence-corrected chi connectivity index (χ4v) is 2.87. The summed E-state index contributed by atoms with van der Waals surface area (Å²) in [7, 11) is 0. The van der Waals surface area contributed by atoms with Crippen LogP contribution in [0.4, 0.5) is 11.4 Å². The molecule has 0 amide bonds. The third-order valence-electron chi connectivity index (χ3n) is 3.57. The van der Waals surface area contributed by atoms with Gasteiger partial charge in [-0.25, -0.2) is 4.79 Å². The first-order chi connectivity index (χ1) is 12.6. The second-order valence-electron chi connectivity index (χ2n) is 5.54. The Bertz CT molecular complexity index is 989. The van der Waals surface area contributed by atoms with Crippen molar-refractivity contribution in [1.29, 1.82) is 0 Å². The van der Waals surface area contributed by atoms with Gasteiger partial charge in [0.05, 0.1) is 12.0 Å². The van der Waals surface area contributed by atoms with Gasteiger partial charge in [-0.3, -0.25) is 0 Å². The molecule has 0 bridgehead atoms. The van der Waals surface area contributed by atoms with Crippen LogP contribution in [-0.4, -0.2) is 11.7 Å². The Morgan fingerprint density at radius 3 is 2.58 bits per heavy atom. The summed E-state index contributed by atoms with van der Waals surface area (Å²) < 4.78 is 10.6. The molecule has 2 N–H and O–H groups in total. The topological polar surface area (TPSA) is 63.5 Å². The number of nitrogens with one attached hydrogen (secondary N) is 2. The molecule has 0 atom stereocenters. The molecular formula is C19H17ClN2O3S. The normalized spacial score (nSPS) is 10.5. The highest BCUT2D eigenvalue weighted by molar-refractivity contribution is 7.80. The molecule has 0 aliphatic heterocycles. The Balaban J connectivity index is 1.84. The van der Waals surface area contributed by atoms with E-state index in [1.54, 1.807) is 18.2 Å². The molecule has 134 valence electrons. The largest absolute Gasteiger partial charge is 0.464 e. The molecule has 2 aromatic carbocycles. The zero-order valence-corrected chi connectivity index (χ0v) is 15.6. The van der Waals surface area contributed by atoms with Gasteiger partial charge >= 0.3 is 11.6 Å². The van der Waals surface area contributed by atoms with Gasteiger partial charge in [0.25, 0.3) is 0 Å². The summed E-state index contributed by atoms with van der Waals surface area (Å²) in [6.07, 6.45) is 0.785. The monoisotopic (exact) mass is 388 g/mol. The SMILES string of the molecule is CCCOc1oc(=O)c2cc(NC(=S)Nc3ccccc3)ccc2c1Cl. The molecule has 3 aromatic rings. The van der Waals surface area contributed by atoms with Gasteiger partial charge in [-0.1, -0.05) is 42.8 Å². The molecule has 0 saturated carbocycles. The van der Waals surface area contributed by atoms with Crippen molar-refractivity contribution in [3.05, 3.63) is 64.0 Å². The predicted molar refractivity (Wildman–Crippen MR) is 110 cm³/mol. The van der Waals surface area contributed by atoms with Gasteiger partial charge in [0.2, 0.25) is 0 Å². The van der Waals surface area contributed by atoms with Gasteiger partial charge in [-0.2, -0.15) is 0 Å². The third-order valence-corrected chi connectivity index (χ3v) is 4.13. The fourth-order valence-electron chi connectivity index (χ4n) is 2.38. The lowest BCUT2D eigenvalue weighted by Gasteiger charge is -2.12. The lowest BCUT2D eigenvalue weighted by Crippen LogP contribution is -2.19. The summed E-state index contributed by atoms with van der Waals surface area (Å²) >= 11 is 11.6. The molecule has 0 spiro atoms. The molecular weight excluding hydrogens is 372 g/mol. The minimum Gasteiger partial charge on any atom is -0.464 e. The van der Waals surface area contributed by atoms with Crippen molar-refractivity contribution < 1.29 is 9.15 Å². The molecule has 0 aliphatic carbocycles. The van der Waals surface area contributed by atoms with E-state index in [2.05, 4.69) is 10.6 Å². The maximum Gasteiger partial charge on any atom is 0.346 e. The molecule has 1 heterocycles. The zero-order chi connectivity index (χ0) is 18.5. The van der Waals surface area contributed by atoms with Gasteiger partial charge in [0.1, 0.15) is 5.02 Å². The molecule has 0 aliphatic rings. The Kier molecular flexibility index (Phi) is 5.75. The van der Waals surface area contributed by atoms with Crippen molar-refractivity contribution in [2.24, 2.45) is 0 Å². The van der Waals surface area contributed by atoms with Crippen LogP contribution in [0.5, 0.6) is 5.95 Å². The number of ether oxygens (including phenoxy) is 1. The van der Waals surface area contributed by atoms with Crippen molar-refractivity contribution in [3.8, 4) is 5.95 Å². The first kappa shape index (κ1) is 18.2. The zero-order valence-electron chi connectivity index (χ0n) is 14.0. The first-order valence-corrected chi connectivity index (χ1v) is 8.89. The van der Waals surface area contributed by atoms with E-state index in [4.69, 9.17) is 33.0 Å². The third kappa shape index (κ3) is 4.15. The molecule has 0 radical (unpaired) electrons. The van der Waals surface area contributed by atoms with Crippen LogP contribution in [0, 0.1) is 0 Å². The lowest BCUT2D eigenvalue weighted by molar-refractivity contribution is 0.233. The van der Waals surface area contributed by atoms with Crippen LogP contribution in [0.25, 0.3) is 10.8 Å². The van der Waals surface area contributed by atoms with Crippen molar-refractivity contribution in [3.63, 3.8) is 0 Å². The summed E-state index contributed by atoms with van der Waals surface area (Å²) in [5, 5.41) is 7.73. The Hall–Kier alpha value is -2.57. The summed E-state index contributed by atoms with van der Waals surface area (Å²) in [5.41, 5.74) is 1.00. The molecule has 3 rings (SSSR count). The molecule has 0 saturated heterocycles. The van der Waals surface area contributed by atoms with Gasteiger partial charge in [-0.15, -0.1) is 0 Å². The maximum absolute atomic E-state index is 12.3. The fraction of sp³-hybridized carbons (Fsp3) is 0.158. The summed E-state index contributed by atoms with van der Waals surface area (Å²) in [6, 6.07) is 14.7. The van der Waals surface area contributed by atoms with Gasteiger partial charge < -0.3 is 19.8 Å². The summed E-state index contributed by atoms with van der Waals surface area (Å²) in [6.45, 7) is 2.38. The number of thiocarbonyl (C=S) groups is 1. The number of rotatable bonds is 5. The number of hydrogen-bond donors (Lipinski definition) is 2. The van der Waals surface area contributed by atoms with E-state index in [-0.39, 0.29) is 11.0 Å². The van der Waals surface area contributed by atoms with Crippen molar-refractivity contribution >= 4 is 51.1 Å². The van der Waals surface area contributed by atoms with E-state index in [1.807, 2.05) is 37.3 Å². The highest BCUT2D eigenvalue weighted by Crippen LogP contribution is 2.32. The van der Waals surface area contributed by atoms with Crippen LogP contribution in [0.2, 0.25) is 5.02 Å². The minimum absolute atomic E-state index is 0.0491. The molecule has 0 unspecified atom stereocenters. The van der Waals surface area contributed by atoms with E-state index >= 15 is 0 Å². The second kappa shape index (κ2) is 8.21. The van der Waals surface area contributed by atoms with E-state index in [9.17, 15) is 4.79 Å². The van der Waals surface area contributed by atoms with Crippen LogP contribution < -0.4 is 21.0 Å². The van der Waals surface area contributed by atoms with Crippen LogP contribution in [0.3, 0.4) is 0 Å². The predicted octanol–water partition coefficient (Wildman–Crippen LogP) is 5.04. The van der Waals surface area contributed by atoms with Crippen molar-refractivity contribution in [1.82, 2.24) is 0 Å². The highest BCUT2D eigenvalue weighted by atomic mass is 35.5. The maximum atomic E-state index is 12.3. The standard InChI is InChI=1S/C19H17ClN2O3S/c1-2-10-24-18-16(20)14-9-8-13(11-15(14)17(23)25-18)22-19(26)21-12-6-4-3-5-7-12/h3-9,11H,2,10H2,1H3,(H2,21,22,26). The van der Waals surface area contributed by atoms with Crippen LogP contribution in [-0.2, 0) is 0 Å². The lowest BCUT2D eigenvalue weighted by atomic mass is 10.1. The van der Waals surface area contributed by atoms with Crippen molar-refractivity contribution in [2.75, 3.05) is 17.2 Å². The second-order valence-corrected chi connectivity index (χ2v) is 6.33. The smallest absolute Gasteiger partial charge is 0.346 e. The molecule has 7 heteroatoms. The number of benzene rings is 2. The number of hydrogen-bond acceptors (Lipinski definition) is 4. The van der Waals surface area contributed by atoms with E-state index in [1.165, 1.54) is 0 Å². The van der Waals surface area contributed by atoms with E-state index in [0.717, 1.165) is 12.1 Å². The van der Waals surface area contributed by atoms with Crippen LogP contribution in [0.15, 0.2) is 57.7 Å². The summed E-state index contributed by atoms with van der Waals surface area (Å²) in [5.74, 6) is 0.0491. The van der Waals surface area contributed by atoms with Crippen LogP contribution >= 0.6 is 23.8 Å². The first-order valence-electron chi connectivity index (χ1n) is 8.10. The Morgan fingerprint density at radius 1 is 1.12 bits per heavy atom. The number of fused-ring (bicyclic) bond motifs is 1. The Labute approximate surface area is 160 Å². The van der Waals surface area contributed by atoms with E-state index in [0.29, 0.717) is 28.2 Å². The number of para-hydroxylation sites is 1. The van der Waals surface area contributed by atoms with E-state index < -0.39 is 5.63 Å². The van der Waals surface area contributed by atoms with Crippen LogP contribution in [0.1, 0.15) is 13.3 Å². The highest BCUT2D eigenvalue weighted by Gasteiger charge is 2.14. The number of anilines is 2. The van der Waals surface area contributed by atoms with Gasteiger partial charge in [0, 0.05) is 16.8 Å². The van der Waals surface area contributed by atoms with Crippen molar-refractivity contribution in [2.45, 2.75) is 13.3 Å². The Morgan fingerprint density at radius 2 is 1.85 bits per heavy atom. The minimum atomic E-state index is -0.513. The quantitative estimate of drug-likeness (QED) is 0.597. The average Bonchev–Trinajstić information content (AvgIpc) is 2.64. The molecule has 26 heavy (non-hydrogen) atoms. The molecule has 5 nitrogen and oxygen atoms in total. The number of halogens is 1. The average molecular weight is 389 g/mol. The molecule has 0 fully saturated rings.